The van der Waals surface area contributed by atoms with E-state index in [0.29, 0.717) is 11.3 Å². The highest BCUT2D eigenvalue weighted by atomic mass is 16.6. The van der Waals surface area contributed by atoms with Gasteiger partial charge < -0.3 is 10.5 Å². The van der Waals surface area contributed by atoms with Crippen molar-refractivity contribution in [3.63, 3.8) is 0 Å². The molecule has 0 atom stereocenters. The quantitative estimate of drug-likeness (QED) is 0.487. The molecule has 0 aromatic heterocycles. The van der Waals surface area contributed by atoms with Crippen molar-refractivity contribution in [3.05, 3.63) is 40.0 Å². The molecule has 0 heterocycles. The fourth-order valence-corrected chi connectivity index (χ4v) is 1.28. The summed E-state index contributed by atoms with van der Waals surface area (Å²) in [6.45, 7) is 0. The molecule has 6 nitrogen and oxygen atoms in total. The Morgan fingerprint density at radius 2 is 2.29 bits per heavy atom. The maximum Gasteiger partial charge on any atom is 0.282 e. The number of ether oxygens (including phenoxy) is 1. The van der Waals surface area contributed by atoms with E-state index in [-0.39, 0.29) is 11.4 Å². The lowest BCUT2D eigenvalue weighted by Crippen LogP contribution is -2.02. The summed E-state index contributed by atoms with van der Waals surface area (Å²) in [6, 6.07) is 4.50. The van der Waals surface area contributed by atoms with Crippen molar-refractivity contribution >= 4 is 17.6 Å². The van der Waals surface area contributed by atoms with Crippen LogP contribution in [0.5, 0.6) is 5.75 Å². The summed E-state index contributed by atoms with van der Waals surface area (Å²) in [5.41, 5.74) is 6.27. The molecule has 17 heavy (non-hydrogen) atoms. The third-order valence-corrected chi connectivity index (χ3v) is 2.12. The molecule has 0 fully saturated rings. The Balaban J connectivity index is 3.28. The standard InChI is InChI=1S/C11H13N3O3/c1-13-6-5-10(12)9-4-3-8(17-2)7-11(9)14(15)16/h3-7H,12H2,1-2H3. The van der Waals surface area contributed by atoms with E-state index in [2.05, 4.69) is 4.99 Å². The number of benzene rings is 1. The van der Waals surface area contributed by atoms with Gasteiger partial charge >= 0.3 is 0 Å². The van der Waals surface area contributed by atoms with E-state index in [0.717, 1.165) is 0 Å². The summed E-state index contributed by atoms with van der Waals surface area (Å²) >= 11 is 0. The summed E-state index contributed by atoms with van der Waals surface area (Å²) in [4.78, 5) is 14.1. The number of nitro benzene ring substituents is 1. The highest BCUT2D eigenvalue weighted by molar-refractivity contribution is 5.85. The lowest BCUT2D eigenvalue weighted by atomic mass is 10.1. The third kappa shape index (κ3) is 3.04. The van der Waals surface area contributed by atoms with E-state index in [9.17, 15) is 10.1 Å². The van der Waals surface area contributed by atoms with Gasteiger partial charge in [-0.15, -0.1) is 0 Å². The van der Waals surface area contributed by atoms with E-state index in [4.69, 9.17) is 10.5 Å². The Labute approximate surface area is 98.6 Å². The van der Waals surface area contributed by atoms with Crippen LogP contribution in [-0.2, 0) is 0 Å². The van der Waals surface area contributed by atoms with E-state index in [1.807, 2.05) is 0 Å². The molecular formula is C11H13N3O3. The van der Waals surface area contributed by atoms with Crippen LogP contribution in [0.1, 0.15) is 5.56 Å². The molecule has 1 aromatic rings. The number of nitrogens with two attached hydrogens (primary N) is 1. The Kier molecular flexibility index (Phi) is 4.21. The van der Waals surface area contributed by atoms with Crippen LogP contribution >= 0.6 is 0 Å². The van der Waals surface area contributed by atoms with Crippen molar-refractivity contribution < 1.29 is 9.66 Å². The smallest absolute Gasteiger partial charge is 0.282 e. The number of aliphatic imine (C=N–C) groups is 1. The second-order valence-corrected chi connectivity index (χ2v) is 3.17. The zero-order valence-electron chi connectivity index (χ0n) is 9.58. The molecule has 0 radical (unpaired) electrons. The number of hydrogen-bond acceptors (Lipinski definition) is 5. The monoisotopic (exact) mass is 235 g/mol. The number of allylic oxidation sites excluding steroid dienone is 1. The number of nitro groups is 1. The Morgan fingerprint density at radius 3 is 2.82 bits per heavy atom. The summed E-state index contributed by atoms with van der Waals surface area (Å²) in [5, 5.41) is 10.9. The Morgan fingerprint density at radius 1 is 1.59 bits per heavy atom. The second kappa shape index (κ2) is 5.64. The number of rotatable bonds is 4. The first-order valence-corrected chi connectivity index (χ1v) is 4.81. The zero-order chi connectivity index (χ0) is 12.8. The molecule has 0 bridgehead atoms. The van der Waals surface area contributed by atoms with Crippen LogP contribution in [0.25, 0.3) is 5.70 Å². The van der Waals surface area contributed by atoms with Gasteiger partial charge in [0.15, 0.2) is 0 Å². The molecule has 0 saturated carbocycles. The predicted octanol–water partition coefficient (Wildman–Crippen LogP) is 1.60. The summed E-state index contributed by atoms with van der Waals surface area (Å²) in [6.07, 6.45) is 2.98. The van der Waals surface area contributed by atoms with Crippen LogP contribution in [-0.4, -0.2) is 25.3 Å². The molecule has 0 saturated heterocycles. The van der Waals surface area contributed by atoms with Gasteiger partial charge in [0.1, 0.15) is 5.75 Å². The fraction of sp³-hybridized carbons (Fsp3) is 0.182. The van der Waals surface area contributed by atoms with Gasteiger partial charge in [-0.05, 0) is 18.2 Å². The van der Waals surface area contributed by atoms with E-state index in [1.54, 1.807) is 19.2 Å². The zero-order valence-corrected chi connectivity index (χ0v) is 9.58. The average Bonchev–Trinajstić information content (AvgIpc) is 2.35. The van der Waals surface area contributed by atoms with Gasteiger partial charge in [0.05, 0.1) is 23.7 Å². The third-order valence-electron chi connectivity index (χ3n) is 2.12. The first kappa shape index (κ1) is 12.7. The van der Waals surface area contributed by atoms with Crippen LogP contribution in [0.15, 0.2) is 29.3 Å². The topological polar surface area (TPSA) is 90.8 Å². The molecule has 0 aliphatic rings. The van der Waals surface area contributed by atoms with Crippen LogP contribution in [0.2, 0.25) is 0 Å². The maximum absolute atomic E-state index is 10.9. The molecule has 1 rings (SSSR count). The van der Waals surface area contributed by atoms with Gasteiger partial charge in [0.2, 0.25) is 0 Å². The Bertz CT molecular complexity index is 481. The molecule has 0 unspecified atom stereocenters. The molecule has 90 valence electrons. The normalized spacial score (nSPS) is 11.8. The number of methoxy groups -OCH3 is 1. The second-order valence-electron chi connectivity index (χ2n) is 3.17. The van der Waals surface area contributed by atoms with Crippen LogP contribution in [0.4, 0.5) is 5.69 Å². The van der Waals surface area contributed by atoms with Gasteiger partial charge in [0, 0.05) is 19.0 Å². The summed E-state index contributed by atoms with van der Waals surface area (Å²) in [7, 11) is 3.04. The van der Waals surface area contributed by atoms with Crippen molar-refractivity contribution in [3.8, 4) is 5.75 Å². The van der Waals surface area contributed by atoms with Crippen LogP contribution in [0.3, 0.4) is 0 Å². The van der Waals surface area contributed by atoms with Gasteiger partial charge in [-0.2, -0.15) is 0 Å². The minimum atomic E-state index is -0.498. The van der Waals surface area contributed by atoms with Gasteiger partial charge in [-0.3, -0.25) is 15.1 Å². The number of hydrogen-bond donors (Lipinski definition) is 1. The van der Waals surface area contributed by atoms with Crippen molar-refractivity contribution in [1.82, 2.24) is 0 Å². The fourth-order valence-electron chi connectivity index (χ4n) is 1.28. The lowest BCUT2D eigenvalue weighted by Gasteiger charge is -2.05. The molecule has 1 aromatic carbocycles. The van der Waals surface area contributed by atoms with E-state index < -0.39 is 4.92 Å². The highest BCUT2D eigenvalue weighted by Crippen LogP contribution is 2.27. The van der Waals surface area contributed by atoms with Crippen molar-refractivity contribution in [2.45, 2.75) is 0 Å². The SMILES string of the molecule is CN=CC=C(N)c1ccc(OC)cc1[N+](=O)[O-]. The van der Waals surface area contributed by atoms with Crippen molar-refractivity contribution in [2.24, 2.45) is 10.7 Å². The summed E-state index contributed by atoms with van der Waals surface area (Å²) < 4.78 is 4.93. The summed E-state index contributed by atoms with van der Waals surface area (Å²) in [5.74, 6) is 0.414. The molecule has 0 aliphatic carbocycles. The van der Waals surface area contributed by atoms with E-state index in [1.165, 1.54) is 25.5 Å². The molecular weight excluding hydrogens is 222 g/mol. The van der Waals surface area contributed by atoms with Gasteiger partial charge in [-0.25, -0.2) is 0 Å². The largest absolute Gasteiger partial charge is 0.497 e. The van der Waals surface area contributed by atoms with Crippen LogP contribution < -0.4 is 10.5 Å². The van der Waals surface area contributed by atoms with Gasteiger partial charge in [0.25, 0.3) is 5.69 Å². The highest BCUT2D eigenvalue weighted by Gasteiger charge is 2.16. The first-order chi connectivity index (χ1) is 8.10. The lowest BCUT2D eigenvalue weighted by molar-refractivity contribution is -0.385. The predicted molar refractivity (Wildman–Crippen MR) is 66.2 cm³/mol. The van der Waals surface area contributed by atoms with Crippen molar-refractivity contribution in [2.75, 3.05) is 14.2 Å². The molecule has 0 spiro atoms. The van der Waals surface area contributed by atoms with E-state index >= 15 is 0 Å². The molecule has 0 aliphatic heterocycles. The molecule has 6 heteroatoms. The van der Waals surface area contributed by atoms with Crippen LogP contribution in [0, 0.1) is 10.1 Å². The number of nitrogens with zero attached hydrogens (tertiary/aromatic N) is 2. The molecule has 0 amide bonds. The van der Waals surface area contributed by atoms with Gasteiger partial charge in [-0.1, -0.05) is 0 Å². The van der Waals surface area contributed by atoms with Crippen molar-refractivity contribution in [1.29, 1.82) is 0 Å². The Hall–Kier alpha value is -2.37. The average molecular weight is 235 g/mol. The maximum atomic E-state index is 10.9. The molecule has 2 N–H and O–H groups in total. The first-order valence-electron chi connectivity index (χ1n) is 4.81. The minimum absolute atomic E-state index is 0.0948. The minimum Gasteiger partial charge on any atom is -0.497 e.